The van der Waals surface area contributed by atoms with Crippen molar-refractivity contribution in [3.05, 3.63) is 35.5 Å². The smallest absolute Gasteiger partial charge is 0.240 e. The van der Waals surface area contributed by atoms with E-state index in [0.717, 1.165) is 51.0 Å². The van der Waals surface area contributed by atoms with Gasteiger partial charge < -0.3 is 14.6 Å². The molecule has 1 atom stereocenters. The molecule has 152 valence electrons. The van der Waals surface area contributed by atoms with E-state index in [9.17, 15) is 4.79 Å². The summed E-state index contributed by atoms with van der Waals surface area (Å²) < 4.78 is 8.21. The zero-order valence-corrected chi connectivity index (χ0v) is 17.2. The van der Waals surface area contributed by atoms with E-state index < -0.39 is 0 Å². The Hall–Kier alpha value is -1.85. The summed E-state index contributed by atoms with van der Waals surface area (Å²) in [5.74, 6) is 0.129. The van der Waals surface area contributed by atoms with Crippen LogP contribution in [0.1, 0.15) is 50.3 Å². The van der Waals surface area contributed by atoms with Gasteiger partial charge in [0.1, 0.15) is 6.54 Å². The van der Waals surface area contributed by atoms with Gasteiger partial charge in [-0.15, -0.1) is 0 Å². The summed E-state index contributed by atoms with van der Waals surface area (Å²) in [5.41, 5.74) is 3.73. The normalized spacial score (nSPS) is 20.6. The Balaban J connectivity index is 1.53. The minimum absolute atomic E-state index is 0.129. The lowest BCUT2D eigenvalue weighted by atomic mass is 10.1. The molecule has 1 amide bonds. The Morgan fingerprint density at radius 3 is 2.86 bits per heavy atom. The van der Waals surface area contributed by atoms with Crippen LogP contribution in [0.4, 0.5) is 0 Å². The number of ether oxygens (including phenoxy) is 1. The highest BCUT2D eigenvalue weighted by Crippen LogP contribution is 2.28. The van der Waals surface area contributed by atoms with Crippen molar-refractivity contribution in [1.82, 2.24) is 14.8 Å². The van der Waals surface area contributed by atoms with Gasteiger partial charge in [-0.05, 0) is 57.2 Å². The summed E-state index contributed by atoms with van der Waals surface area (Å²) >= 11 is 0. The summed E-state index contributed by atoms with van der Waals surface area (Å²) in [6.07, 6.45) is 6.03. The first-order valence-corrected chi connectivity index (χ1v) is 10.9. The van der Waals surface area contributed by atoms with E-state index in [0.29, 0.717) is 18.7 Å². The minimum atomic E-state index is 0.129. The number of aromatic nitrogens is 1. The van der Waals surface area contributed by atoms with Crippen LogP contribution in [0, 0.1) is 6.92 Å². The molecule has 1 aromatic carbocycles. The average Bonchev–Trinajstić information content (AvgIpc) is 3.48. The molecule has 2 aromatic rings. The number of piperidine rings is 1. The number of amides is 1. The van der Waals surface area contributed by atoms with Crippen molar-refractivity contribution in [2.75, 3.05) is 19.7 Å². The third-order valence-electron chi connectivity index (χ3n) is 6.01. The van der Waals surface area contributed by atoms with E-state index in [-0.39, 0.29) is 5.91 Å². The van der Waals surface area contributed by atoms with E-state index in [1.165, 1.54) is 29.5 Å². The molecule has 0 spiro atoms. The van der Waals surface area contributed by atoms with Gasteiger partial charge in [0.25, 0.3) is 0 Å². The van der Waals surface area contributed by atoms with Gasteiger partial charge in [-0.3, -0.25) is 9.69 Å². The van der Waals surface area contributed by atoms with Gasteiger partial charge >= 0.3 is 0 Å². The van der Waals surface area contributed by atoms with E-state index in [2.05, 4.69) is 52.9 Å². The molecule has 1 aliphatic carbocycles. The second-order valence-corrected chi connectivity index (χ2v) is 8.38. The van der Waals surface area contributed by atoms with Gasteiger partial charge in [0.05, 0.1) is 6.10 Å². The molecule has 1 saturated heterocycles. The molecule has 5 nitrogen and oxygen atoms in total. The largest absolute Gasteiger partial charge is 0.377 e. The zero-order valence-electron chi connectivity index (χ0n) is 17.2. The lowest BCUT2D eigenvalue weighted by molar-refractivity contribution is -0.121. The number of nitrogens with zero attached hydrogens (tertiary/aromatic N) is 2. The molecule has 2 aliphatic rings. The first kappa shape index (κ1) is 19.5. The standard InChI is InChI=1S/C23H33N3O2/c1-3-13-28-19-7-6-12-25(14-19)15-21-17(2)26(16-23(27)24-18-10-11-18)22-9-5-4-8-20(21)22/h4-5,8-9,18-19H,3,6-7,10-16H2,1-2H3,(H,24,27)/t19-/m0/s1. The SMILES string of the molecule is CCCO[C@H]1CCCN(Cc2c(C)n(CC(=O)NC3CC3)c3ccccc23)C1. The van der Waals surface area contributed by atoms with Gasteiger partial charge in [-0.25, -0.2) is 0 Å². The van der Waals surface area contributed by atoms with Gasteiger partial charge in [-0.1, -0.05) is 25.1 Å². The van der Waals surface area contributed by atoms with Crippen molar-refractivity contribution in [3.63, 3.8) is 0 Å². The molecule has 1 aliphatic heterocycles. The maximum atomic E-state index is 12.4. The van der Waals surface area contributed by atoms with E-state index >= 15 is 0 Å². The van der Waals surface area contributed by atoms with Crippen LogP contribution >= 0.6 is 0 Å². The molecular weight excluding hydrogens is 350 g/mol. The van der Waals surface area contributed by atoms with Crippen LogP contribution in [0.5, 0.6) is 0 Å². The third kappa shape index (κ3) is 4.41. The molecule has 2 heterocycles. The first-order chi connectivity index (χ1) is 13.7. The fourth-order valence-corrected chi connectivity index (χ4v) is 4.35. The van der Waals surface area contributed by atoms with Gasteiger partial charge in [0, 0.05) is 42.3 Å². The molecule has 4 rings (SSSR count). The summed E-state index contributed by atoms with van der Waals surface area (Å²) in [4.78, 5) is 15.0. The van der Waals surface area contributed by atoms with Crippen LogP contribution < -0.4 is 5.32 Å². The molecule has 2 fully saturated rings. The number of hydrogen-bond acceptors (Lipinski definition) is 3. The fourth-order valence-electron chi connectivity index (χ4n) is 4.35. The molecule has 0 bridgehead atoms. The number of hydrogen-bond donors (Lipinski definition) is 1. The van der Waals surface area contributed by atoms with Crippen molar-refractivity contribution in [2.24, 2.45) is 0 Å². The molecule has 1 aromatic heterocycles. The number of carbonyl (C=O) groups excluding carboxylic acids is 1. The number of nitrogens with one attached hydrogen (secondary N) is 1. The number of likely N-dealkylation sites (tertiary alicyclic amines) is 1. The Bertz CT molecular complexity index is 825. The molecule has 1 saturated carbocycles. The Kier molecular flexibility index (Phi) is 6.02. The summed E-state index contributed by atoms with van der Waals surface area (Å²) in [6.45, 7) is 8.63. The van der Waals surface area contributed by atoms with Gasteiger partial charge in [-0.2, -0.15) is 0 Å². The number of benzene rings is 1. The van der Waals surface area contributed by atoms with Crippen molar-refractivity contribution in [1.29, 1.82) is 0 Å². The van der Waals surface area contributed by atoms with Crippen molar-refractivity contribution >= 4 is 16.8 Å². The number of rotatable bonds is 8. The summed E-state index contributed by atoms with van der Waals surface area (Å²) in [7, 11) is 0. The quantitative estimate of drug-likeness (QED) is 0.757. The molecule has 28 heavy (non-hydrogen) atoms. The van der Waals surface area contributed by atoms with Crippen LogP contribution in [-0.4, -0.2) is 47.2 Å². The van der Waals surface area contributed by atoms with E-state index in [1.54, 1.807) is 0 Å². The van der Waals surface area contributed by atoms with Crippen LogP contribution in [-0.2, 0) is 22.6 Å². The van der Waals surface area contributed by atoms with Crippen molar-refractivity contribution in [2.45, 2.75) is 71.2 Å². The monoisotopic (exact) mass is 383 g/mol. The maximum Gasteiger partial charge on any atom is 0.240 e. The zero-order chi connectivity index (χ0) is 19.5. The number of para-hydroxylation sites is 1. The van der Waals surface area contributed by atoms with Crippen LogP contribution in [0.2, 0.25) is 0 Å². The summed E-state index contributed by atoms with van der Waals surface area (Å²) in [6, 6.07) is 8.91. The highest BCUT2D eigenvalue weighted by Gasteiger charge is 2.25. The van der Waals surface area contributed by atoms with Crippen LogP contribution in [0.15, 0.2) is 24.3 Å². The highest BCUT2D eigenvalue weighted by molar-refractivity contribution is 5.87. The molecule has 5 heteroatoms. The Labute approximate surface area is 168 Å². The number of fused-ring (bicyclic) bond motifs is 1. The van der Waals surface area contributed by atoms with E-state index in [4.69, 9.17) is 4.74 Å². The Morgan fingerprint density at radius 1 is 1.25 bits per heavy atom. The first-order valence-electron chi connectivity index (χ1n) is 10.9. The lowest BCUT2D eigenvalue weighted by Gasteiger charge is -2.32. The van der Waals surface area contributed by atoms with Crippen LogP contribution in [0.25, 0.3) is 10.9 Å². The fraction of sp³-hybridized carbons (Fsp3) is 0.609. The van der Waals surface area contributed by atoms with Crippen LogP contribution in [0.3, 0.4) is 0 Å². The Morgan fingerprint density at radius 2 is 2.07 bits per heavy atom. The van der Waals surface area contributed by atoms with Gasteiger partial charge in [0.2, 0.25) is 5.91 Å². The topological polar surface area (TPSA) is 46.5 Å². The van der Waals surface area contributed by atoms with Crippen molar-refractivity contribution < 1.29 is 9.53 Å². The van der Waals surface area contributed by atoms with Gasteiger partial charge in [0.15, 0.2) is 0 Å². The lowest BCUT2D eigenvalue weighted by Crippen LogP contribution is -2.39. The second kappa shape index (κ2) is 8.66. The predicted octanol–water partition coefficient (Wildman–Crippen LogP) is 3.62. The minimum Gasteiger partial charge on any atom is -0.377 e. The predicted molar refractivity (Wildman–Crippen MR) is 112 cm³/mol. The van der Waals surface area contributed by atoms with E-state index in [1.807, 2.05) is 0 Å². The maximum absolute atomic E-state index is 12.4. The average molecular weight is 384 g/mol. The molecule has 1 N–H and O–H groups in total. The molecular formula is C23H33N3O2. The second-order valence-electron chi connectivity index (χ2n) is 8.38. The highest BCUT2D eigenvalue weighted by atomic mass is 16.5. The number of carbonyl (C=O) groups is 1. The van der Waals surface area contributed by atoms with Crippen molar-refractivity contribution in [3.8, 4) is 0 Å². The molecule has 0 radical (unpaired) electrons. The summed E-state index contributed by atoms with van der Waals surface area (Å²) in [5, 5.41) is 4.40. The third-order valence-corrected chi connectivity index (χ3v) is 6.01. The molecule has 0 unspecified atom stereocenters.